The van der Waals surface area contributed by atoms with Crippen LogP contribution in [0.3, 0.4) is 0 Å². The summed E-state index contributed by atoms with van der Waals surface area (Å²) in [4.78, 5) is 15.4. The van der Waals surface area contributed by atoms with Gasteiger partial charge in [0.25, 0.3) is 0 Å². The fourth-order valence-electron chi connectivity index (χ4n) is 1.37. The number of alkyl halides is 1. The minimum Gasteiger partial charge on any atom is -0.303 e. The number of anilines is 1. The van der Waals surface area contributed by atoms with E-state index in [1.807, 2.05) is 0 Å². The van der Waals surface area contributed by atoms with Crippen molar-refractivity contribution in [1.29, 1.82) is 0 Å². The summed E-state index contributed by atoms with van der Waals surface area (Å²) in [6.07, 6.45) is 0.944. The van der Waals surface area contributed by atoms with Crippen LogP contribution in [0.5, 0.6) is 0 Å². The molecule has 6 heteroatoms. The van der Waals surface area contributed by atoms with Crippen LogP contribution in [0.25, 0.3) is 0 Å². The molecule has 2 rings (SSSR count). The van der Waals surface area contributed by atoms with Crippen molar-refractivity contribution in [3.63, 3.8) is 0 Å². The Kier molecular flexibility index (Phi) is 2.74. The van der Waals surface area contributed by atoms with E-state index in [0.29, 0.717) is 5.13 Å². The maximum absolute atomic E-state index is 12.8. The molecule has 1 aliphatic heterocycles. The molecule has 2 atom stereocenters. The summed E-state index contributed by atoms with van der Waals surface area (Å²) in [6.45, 7) is 0.260. The minimum atomic E-state index is -0.915. The predicted octanol–water partition coefficient (Wildman–Crippen LogP) is 0.782. The highest BCUT2D eigenvalue weighted by Crippen LogP contribution is 2.14. The number of carbonyl (C=O) groups excluding carboxylic acids is 1. The number of amides is 1. The highest BCUT2D eigenvalue weighted by atomic mass is 32.1. The van der Waals surface area contributed by atoms with E-state index in [-0.39, 0.29) is 18.9 Å². The third-order valence-corrected chi connectivity index (χ3v) is 2.74. The lowest BCUT2D eigenvalue weighted by Crippen LogP contribution is -2.35. The van der Waals surface area contributed by atoms with E-state index in [1.165, 1.54) is 11.3 Å². The zero-order chi connectivity index (χ0) is 9.97. The van der Waals surface area contributed by atoms with Crippen LogP contribution < -0.4 is 10.6 Å². The fraction of sp³-hybridized carbons (Fsp3) is 0.500. The predicted molar refractivity (Wildman–Crippen MR) is 52.0 cm³/mol. The number of rotatable bonds is 2. The Bertz CT molecular complexity index is 316. The smallest absolute Gasteiger partial charge is 0.243 e. The van der Waals surface area contributed by atoms with Crippen LogP contribution in [0.1, 0.15) is 6.42 Å². The summed E-state index contributed by atoms with van der Waals surface area (Å²) in [5.41, 5.74) is 0. The molecule has 1 aromatic rings. The van der Waals surface area contributed by atoms with Gasteiger partial charge in [-0.05, 0) is 0 Å². The van der Waals surface area contributed by atoms with Gasteiger partial charge in [-0.1, -0.05) is 0 Å². The second kappa shape index (κ2) is 4.02. The Morgan fingerprint density at radius 2 is 2.64 bits per heavy atom. The molecule has 0 aliphatic carbocycles. The van der Waals surface area contributed by atoms with E-state index in [9.17, 15) is 9.18 Å². The Morgan fingerprint density at radius 1 is 1.79 bits per heavy atom. The van der Waals surface area contributed by atoms with Gasteiger partial charge in [-0.3, -0.25) is 4.79 Å². The van der Waals surface area contributed by atoms with Crippen molar-refractivity contribution < 1.29 is 9.18 Å². The van der Waals surface area contributed by atoms with Gasteiger partial charge < -0.3 is 10.6 Å². The van der Waals surface area contributed by atoms with Gasteiger partial charge in [0, 0.05) is 24.5 Å². The highest BCUT2D eigenvalue weighted by molar-refractivity contribution is 7.13. The summed E-state index contributed by atoms with van der Waals surface area (Å²) < 4.78 is 12.8. The molecule has 0 spiro atoms. The number of nitrogens with zero attached hydrogens (tertiary/aromatic N) is 1. The number of carbonyl (C=O) groups is 1. The molecule has 0 unspecified atom stereocenters. The average Bonchev–Trinajstić information content (AvgIpc) is 2.75. The van der Waals surface area contributed by atoms with E-state index in [4.69, 9.17) is 0 Å². The summed E-state index contributed by atoms with van der Waals surface area (Å²) in [5, 5.41) is 7.76. The largest absolute Gasteiger partial charge is 0.303 e. The Labute approximate surface area is 84.5 Å². The molecule has 1 saturated heterocycles. The van der Waals surface area contributed by atoms with E-state index in [1.54, 1.807) is 11.6 Å². The first-order valence-corrected chi connectivity index (χ1v) is 5.21. The van der Waals surface area contributed by atoms with E-state index in [2.05, 4.69) is 15.6 Å². The van der Waals surface area contributed by atoms with E-state index >= 15 is 0 Å². The SMILES string of the molecule is O=C(Nc1nccs1)[C@@H]1C[C@@H](F)CN1. The third-order valence-electron chi connectivity index (χ3n) is 2.06. The molecule has 2 N–H and O–H groups in total. The fourth-order valence-corrected chi connectivity index (χ4v) is 1.90. The molecule has 0 saturated carbocycles. The summed E-state index contributed by atoms with van der Waals surface area (Å²) in [5.74, 6) is -0.208. The monoisotopic (exact) mass is 215 g/mol. The Morgan fingerprint density at radius 3 is 3.21 bits per heavy atom. The van der Waals surface area contributed by atoms with Gasteiger partial charge in [0.05, 0.1) is 6.04 Å². The highest BCUT2D eigenvalue weighted by Gasteiger charge is 2.29. The van der Waals surface area contributed by atoms with Gasteiger partial charge in [-0.2, -0.15) is 0 Å². The summed E-state index contributed by atoms with van der Waals surface area (Å²) in [7, 11) is 0. The van der Waals surface area contributed by atoms with Gasteiger partial charge in [0.1, 0.15) is 6.17 Å². The molecule has 4 nitrogen and oxygen atoms in total. The molecule has 76 valence electrons. The number of halogens is 1. The molecule has 1 amide bonds. The first-order valence-electron chi connectivity index (χ1n) is 4.33. The molecule has 0 bridgehead atoms. The number of hydrogen-bond acceptors (Lipinski definition) is 4. The van der Waals surface area contributed by atoms with Crippen molar-refractivity contribution in [3.05, 3.63) is 11.6 Å². The van der Waals surface area contributed by atoms with Crippen molar-refractivity contribution in [2.45, 2.75) is 18.6 Å². The van der Waals surface area contributed by atoms with Crippen molar-refractivity contribution in [2.75, 3.05) is 11.9 Å². The zero-order valence-corrected chi connectivity index (χ0v) is 8.18. The molecule has 1 fully saturated rings. The number of aromatic nitrogens is 1. The lowest BCUT2D eigenvalue weighted by atomic mass is 10.2. The molecule has 1 aliphatic rings. The third kappa shape index (κ3) is 2.08. The van der Waals surface area contributed by atoms with Gasteiger partial charge in [0.15, 0.2) is 5.13 Å². The number of thiazole rings is 1. The van der Waals surface area contributed by atoms with Crippen LogP contribution in [-0.4, -0.2) is 29.6 Å². The Hall–Kier alpha value is -1.01. The van der Waals surface area contributed by atoms with Crippen LogP contribution >= 0.6 is 11.3 Å². The lowest BCUT2D eigenvalue weighted by molar-refractivity contribution is -0.117. The van der Waals surface area contributed by atoms with Crippen LogP contribution in [0, 0.1) is 0 Å². The quantitative estimate of drug-likeness (QED) is 0.766. The van der Waals surface area contributed by atoms with Crippen LogP contribution in [0.4, 0.5) is 9.52 Å². The topological polar surface area (TPSA) is 54.0 Å². The van der Waals surface area contributed by atoms with Gasteiger partial charge >= 0.3 is 0 Å². The maximum atomic E-state index is 12.8. The first kappa shape index (κ1) is 9.54. The number of nitrogens with one attached hydrogen (secondary N) is 2. The lowest BCUT2D eigenvalue weighted by Gasteiger charge is -2.07. The number of hydrogen-bond donors (Lipinski definition) is 2. The zero-order valence-electron chi connectivity index (χ0n) is 7.37. The maximum Gasteiger partial charge on any atom is 0.243 e. The second-order valence-corrected chi connectivity index (χ2v) is 4.01. The van der Waals surface area contributed by atoms with Gasteiger partial charge in [-0.25, -0.2) is 9.37 Å². The molecule has 0 aromatic carbocycles. The van der Waals surface area contributed by atoms with Crippen molar-refractivity contribution >= 4 is 22.4 Å². The minimum absolute atomic E-state index is 0.208. The summed E-state index contributed by atoms with van der Waals surface area (Å²) in [6, 6.07) is -0.422. The molecular formula is C8H10FN3OS. The average molecular weight is 215 g/mol. The van der Waals surface area contributed by atoms with Gasteiger partial charge in [-0.15, -0.1) is 11.3 Å². The van der Waals surface area contributed by atoms with Crippen LogP contribution in [-0.2, 0) is 4.79 Å². The molecule has 1 aromatic heterocycles. The molecule has 2 heterocycles. The molecule has 0 radical (unpaired) electrons. The van der Waals surface area contributed by atoms with Crippen LogP contribution in [0.2, 0.25) is 0 Å². The van der Waals surface area contributed by atoms with Crippen molar-refractivity contribution in [1.82, 2.24) is 10.3 Å². The van der Waals surface area contributed by atoms with Crippen LogP contribution in [0.15, 0.2) is 11.6 Å². The first-order chi connectivity index (χ1) is 6.75. The second-order valence-electron chi connectivity index (χ2n) is 3.12. The van der Waals surface area contributed by atoms with Crippen molar-refractivity contribution in [3.8, 4) is 0 Å². The molecular weight excluding hydrogens is 205 g/mol. The van der Waals surface area contributed by atoms with E-state index in [0.717, 1.165) is 0 Å². The Balaban J connectivity index is 1.90. The van der Waals surface area contributed by atoms with E-state index < -0.39 is 12.2 Å². The standard InChI is InChI=1S/C8H10FN3OS/c9-5-3-6(11-4-5)7(13)12-8-10-1-2-14-8/h1-2,5-6,11H,3-4H2,(H,10,12,13)/t5-,6+/m1/s1. The summed E-state index contributed by atoms with van der Waals surface area (Å²) >= 11 is 1.35. The van der Waals surface area contributed by atoms with Gasteiger partial charge in [0.2, 0.25) is 5.91 Å². The normalized spacial score (nSPS) is 26.4. The molecule has 14 heavy (non-hydrogen) atoms. The van der Waals surface area contributed by atoms with Crippen molar-refractivity contribution in [2.24, 2.45) is 0 Å².